The summed E-state index contributed by atoms with van der Waals surface area (Å²) in [7, 11) is 4.07. The molecule has 1 heterocycles. The van der Waals surface area contributed by atoms with E-state index in [1.54, 1.807) is 0 Å². The van der Waals surface area contributed by atoms with Crippen LogP contribution in [0.15, 0.2) is 0 Å². The number of hydrogen-bond acceptors (Lipinski definition) is 2. The molecule has 11 heavy (non-hydrogen) atoms. The van der Waals surface area contributed by atoms with Crippen LogP contribution in [0.3, 0.4) is 0 Å². The van der Waals surface area contributed by atoms with Crippen LogP contribution in [0, 0.1) is 11.8 Å². The van der Waals surface area contributed by atoms with Gasteiger partial charge in [-0.05, 0) is 38.3 Å². The van der Waals surface area contributed by atoms with E-state index in [9.17, 15) is 0 Å². The summed E-state index contributed by atoms with van der Waals surface area (Å²) < 4.78 is 5.37. The Morgan fingerprint density at radius 3 is 2.91 bits per heavy atom. The van der Waals surface area contributed by atoms with E-state index in [4.69, 9.17) is 4.74 Å². The maximum absolute atomic E-state index is 5.37. The highest BCUT2D eigenvalue weighted by molar-refractivity contribution is 4.94. The second-order valence-corrected chi connectivity index (χ2v) is 3.98. The first-order valence-corrected chi connectivity index (χ1v) is 4.52. The van der Waals surface area contributed by atoms with Crippen molar-refractivity contribution in [2.45, 2.75) is 18.9 Å². The average Bonchev–Trinajstić information content (AvgIpc) is 1.95. The van der Waals surface area contributed by atoms with Crippen molar-refractivity contribution in [2.75, 3.05) is 27.2 Å². The predicted octanol–water partition coefficient (Wildman–Crippen LogP) is 0.973. The third-order valence-corrected chi connectivity index (χ3v) is 3.31. The zero-order valence-electron chi connectivity index (χ0n) is 7.42. The Morgan fingerprint density at radius 1 is 1.45 bits per heavy atom. The number of ether oxygens (including phenoxy) is 1. The van der Waals surface area contributed by atoms with Crippen molar-refractivity contribution in [3.05, 3.63) is 0 Å². The van der Waals surface area contributed by atoms with E-state index in [0.29, 0.717) is 6.10 Å². The van der Waals surface area contributed by atoms with Gasteiger partial charge in [0.05, 0.1) is 6.10 Å². The Kier molecular flexibility index (Phi) is 1.90. The normalized spacial score (nSPS) is 44.7. The minimum Gasteiger partial charge on any atom is -0.381 e. The van der Waals surface area contributed by atoms with Crippen molar-refractivity contribution >= 4 is 0 Å². The SMILES string of the molecule is COC1CC2CN(C)CC[C@@H]21. The number of nitrogens with zero attached hydrogens (tertiary/aromatic N) is 1. The molecule has 3 atom stereocenters. The van der Waals surface area contributed by atoms with Gasteiger partial charge in [-0.1, -0.05) is 0 Å². The summed E-state index contributed by atoms with van der Waals surface area (Å²) in [6.45, 7) is 2.56. The number of hydrogen-bond donors (Lipinski definition) is 0. The summed E-state index contributed by atoms with van der Waals surface area (Å²) in [6, 6.07) is 0. The van der Waals surface area contributed by atoms with Crippen LogP contribution in [0.2, 0.25) is 0 Å². The van der Waals surface area contributed by atoms with Crippen LogP contribution in [-0.2, 0) is 4.74 Å². The molecule has 2 heteroatoms. The van der Waals surface area contributed by atoms with Gasteiger partial charge in [0.1, 0.15) is 0 Å². The molecule has 2 aliphatic rings. The van der Waals surface area contributed by atoms with Gasteiger partial charge in [0, 0.05) is 13.7 Å². The fourth-order valence-corrected chi connectivity index (χ4v) is 2.52. The van der Waals surface area contributed by atoms with Crippen molar-refractivity contribution in [3.63, 3.8) is 0 Å². The molecule has 2 nitrogen and oxygen atoms in total. The molecule has 2 fully saturated rings. The third-order valence-electron chi connectivity index (χ3n) is 3.31. The lowest BCUT2D eigenvalue weighted by molar-refractivity contribution is -0.0943. The van der Waals surface area contributed by atoms with Crippen molar-refractivity contribution in [3.8, 4) is 0 Å². The van der Waals surface area contributed by atoms with Crippen LogP contribution >= 0.6 is 0 Å². The lowest BCUT2D eigenvalue weighted by Gasteiger charge is -2.49. The van der Waals surface area contributed by atoms with Gasteiger partial charge in [0.15, 0.2) is 0 Å². The first-order valence-electron chi connectivity index (χ1n) is 4.52. The van der Waals surface area contributed by atoms with Crippen LogP contribution in [0.1, 0.15) is 12.8 Å². The first-order chi connectivity index (χ1) is 5.31. The van der Waals surface area contributed by atoms with Crippen LogP contribution < -0.4 is 0 Å². The summed E-state index contributed by atoms with van der Waals surface area (Å²) in [5, 5.41) is 0. The third kappa shape index (κ3) is 1.18. The zero-order valence-corrected chi connectivity index (χ0v) is 7.42. The van der Waals surface area contributed by atoms with Gasteiger partial charge < -0.3 is 9.64 Å². The molecule has 2 rings (SSSR count). The number of methoxy groups -OCH3 is 1. The Morgan fingerprint density at radius 2 is 2.27 bits per heavy atom. The molecule has 1 saturated carbocycles. The number of fused-ring (bicyclic) bond motifs is 1. The van der Waals surface area contributed by atoms with Crippen molar-refractivity contribution in [2.24, 2.45) is 11.8 Å². The van der Waals surface area contributed by atoms with Crippen LogP contribution in [0.25, 0.3) is 0 Å². The van der Waals surface area contributed by atoms with Crippen LogP contribution in [0.4, 0.5) is 0 Å². The molecule has 0 spiro atoms. The summed E-state index contributed by atoms with van der Waals surface area (Å²) in [5.74, 6) is 1.83. The van der Waals surface area contributed by atoms with Gasteiger partial charge in [0.25, 0.3) is 0 Å². The fraction of sp³-hybridized carbons (Fsp3) is 1.00. The molecular formula is C9H17NO. The molecule has 0 aromatic rings. The average molecular weight is 155 g/mol. The second kappa shape index (κ2) is 2.76. The van der Waals surface area contributed by atoms with Gasteiger partial charge in [-0.2, -0.15) is 0 Å². The minimum absolute atomic E-state index is 0.591. The molecule has 64 valence electrons. The van der Waals surface area contributed by atoms with E-state index in [0.717, 1.165) is 11.8 Å². The van der Waals surface area contributed by atoms with E-state index in [1.165, 1.54) is 25.9 Å². The molecule has 0 aromatic carbocycles. The maximum Gasteiger partial charge on any atom is 0.0606 e. The van der Waals surface area contributed by atoms with Gasteiger partial charge in [0.2, 0.25) is 0 Å². The van der Waals surface area contributed by atoms with Gasteiger partial charge in [-0.3, -0.25) is 0 Å². The van der Waals surface area contributed by atoms with E-state index in [2.05, 4.69) is 11.9 Å². The highest BCUT2D eigenvalue weighted by atomic mass is 16.5. The van der Waals surface area contributed by atoms with Crippen molar-refractivity contribution in [1.29, 1.82) is 0 Å². The molecule has 1 aliphatic heterocycles. The quantitative estimate of drug-likeness (QED) is 0.559. The molecule has 0 bridgehead atoms. The predicted molar refractivity (Wildman–Crippen MR) is 44.5 cm³/mol. The summed E-state index contributed by atoms with van der Waals surface area (Å²) >= 11 is 0. The summed E-state index contributed by atoms with van der Waals surface area (Å²) in [5.41, 5.74) is 0. The van der Waals surface area contributed by atoms with Gasteiger partial charge in [-0.25, -0.2) is 0 Å². The van der Waals surface area contributed by atoms with Crippen LogP contribution in [0.5, 0.6) is 0 Å². The zero-order chi connectivity index (χ0) is 7.84. The van der Waals surface area contributed by atoms with E-state index < -0.39 is 0 Å². The number of rotatable bonds is 1. The smallest absolute Gasteiger partial charge is 0.0606 e. The Labute approximate surface area is 68.5 Å². The largest absolute Gasteiger partial charge is 0.381 e. The summed E-state index contributed by atoms with van der Waals surface area (Å²) in [4.78, 5) is 2.44. The lowest BCUT2D eigenvalue weighted by atomic mass is 9.67. The molecular weight excluding hydrogens is 138 g/mol. The molecule has 0 N–H and O–H groups in total. The molecule has 1 aliphatic carbocycles. The topological polar surface area (TPSA) is 12.5 Å². The van der Waals surface area contributed by atoms with Gasteiger partial charge in [-0.15, -0.1) is 0 Å². The highest BCUT2D eigenvalue weighted by Crippen LogP contribution is 2.41. The van der Waals surface area contributed by atoms with Crippen molar-refractivity contribution < 1.29 is 4.74 Å². The Bertz CT molecular complexity index is 148. The fourth-order valence-electron chi connectivity index (χ4n) is 2.52. The minimum atomic E-state index is 0.591. The first kappa shape index (κ1) is 7.56. The van der Waals surface area contributed by atoms with E-state index >= 15 is 0 Å². The van der Waals surface area contributed by atoms with Crippen molar-refractivity contribution in [1.82, 2.24) is 4.90 Å². The lowest BCUT2D eigenvalue weighted by Crippen LogP contribution is -2.52. The van der Waals surface area contributed by atoms with E-state index in [-0.39, 0.29) is 0 Å². The van der Waals surface area contributed by atoms with Gasteiger partial charge >= 0.3 is 0 Å². The Balaban J connectivity index is 1.89. The molecule has 1 saturated heterocycles. The molecule has 0 aromatic heterocycles. The molecule has 2 unspecified atom stereocenters. The second-order valence-electron chi connectivity index (χ2n) is 3.98. The number of likely N-dealkylation sites (tertiary alicyclic amines) is 1. The van der Waals surface area contributed by atoms with Crippen LogP contribution in [-0.4, -0.2) is 38.3 Å². The Hall–Kier alpha value is -0.0800. The maximum atomic E-state index is 5.37. The standard InChI is InChI=1S/C9H17NO/c1-10-4-3-8-7(6-10)5-9(8)11-2/h7-9H,3-6H2,1-2H3/t7?,8-,9?/m0/s1. The highest BCUT2D eigenvalue weighted by Gasteiger charge is 2.43. The van der Waals surface area contributed by atoms with E-state index in [1.807, 2.05) is 7.11 Å². The molecule has 0 amide bonds. The monoisotopic (exact) mass is 155 g/mol. The number of piperidine rings is 1. The summed E-state index contributed by atoms with van der Waals surface area (Å²) in [6.07, 6.45) is 3.24. The molecule has 0 radical (unpaired) electrons.